The van der Waals surface area contributed by atoms with E-state index in [1.807, 2.05) is 26.2 Å². The quantitative estimate of drug-likeness (QED) is 0.497. The third-order valence-electron chi connectivity index (χ3n) is 4.90. The summed E-state index contributed by atoms with van der Waals surface area (Å²) in [5, 5.41) is 4.20. The predicted molar refractivity (Wildman–Crippen MR) is 119 cm³/mol. The minimum atomic E-state index is 0.243. The molecule has 0 unspecified atom stereocenters. The lowest BCUT2D eigenvalue weighted by Gasteiger charge is -2.18. The van der Waals surface area contributed by atoms with Gasteiger partial charge in [0.15, 0.2) is 33.6 Å². The highest BCUT2D eigenvalue weighted by molar-refractivity contribution is 7.99. The number of aromatic nitrogens is 4. The van der Waals surface area contributed by atoms with E-state index in [0.29, 0.717) is 11.3 Å². The Morgan fingerprint density at radius 2 is 2.00 bits per heavy atom. The van der Waals surface area contributed by atoms with Crippen molar-refractivity contribution in [3.05, 3.63) is 18.5 Å². The Morgan fingerprint density at radius 3 is 2.77 bits per heavy atom. The number of anilines is 2. The van der Waals surface area contributed by atoms with Gasteiger partial charge in [0.2, 0.25) is 6.79 Å². The molecule has 0 bridgehead atoms. The van der Waals surface area contributed by atoms with Crippen molar-refractivity contribution in [2.45, 2.75) is 36.4 Å². The highest BCUT2D eigenvalue weighted by atomic mass is 32.2. The van der Waals surface area contributed by atoms with Crippen LogP contribution in [0, 0.1) is 0 Å². The summed E-state index contributed by atoms with van der Waals surface area (Å²) in [6.45, 7) is 5.15. The van der Waals surface area contributed by atoms with Crippen LogP contribution in [0.3, 0.4) is 0 Å². The lowest BCUT2D eigenvalue weighted by molar-refractivity contribution is 0.174. The Morgan fingerprint density at radius 1 is 1.20 bits per heavy atom. The summed E-state index contributed by atoms with van der Waals surface area (Å²) in [4.78, 5) is 16.4. The molecule has 0 saturated carbocycles. The molecule has 3 heterocycles. The smallest absolute Gasteiger partial charge is 0.231 e. The number of nitrogens with two attached hydrogens (primary N) is 1. The Balaban J connectivity index is 1.68. The molecule has 0 fully saturated rings. The molecule has 0 atom stereocenters. The number of benzene rings is 1. The van der Waals surface area contributed by atoms with Gasteiger partial charge in [-0.15, -0.1) is 0 Å². The largest absolute Gasteiger partial charge is 0.454 e. The molecule has 10 heteroatoms. The van der Waals surface area contributed by atoms with Crippen LogP contribution >= 0.6 is 11.8 Å². The zero-order valence-corrected chi connectivity index (χ0v) is 18.3. The van der Waals surface area contributed by atoms with Crippen molar-refractivity contribution in [3.8, 4) is 11.5 Å². The van der Waals surface area contributed by atoms with Gasteiger partial charge in [-0.2, -0.15) is 0 Å². The van der Waals surface area contributed by atoms with Crippen molar-refractivity contribution in [2.75, 3.05) is 44.6 Å². The minimum absolute atomic E-state index is 0.243. The maximum Gasteiger partial charge on any atom is 0.231 e. The summed E-state index contributed by atoms with van der Waals surface area (Å²) in [6.07, 6.45) is 3.58. The number of nitrogens with zero attached hydrogens (tertiary/aromatic N) is 5. The first kappa shape index (κ1) is 20.5. The third kappa shape index (κ3) is 4.10. The number of hydrogen-bond donors (Lipinski definition) is 2. The molecular formula is C20H27N7O2S. The van der Waals surface area contributed by atoms with Crippen LogP contribution in [-0.2, 0) is 6.54 Å². The molecule has 0 amide bonds. The first-order chi connectivity index (χ1) is 14.6. The summed E-state index contributed by atoms with van der Waals surface area (Å²) >= 11 is 1.57. The highest BCUT2D eigenvalue weighted by Gasteiger charge is 2.22. The number of fused-ring (bicyclic) bond motifs is 2. The Hall–Kier alpha value is -2.72. The molecule has 3 aromatic rings. The van der Waals surface area contributed by atoms with E-state index in [0.717, 1.165) is 65.4 Å². The summed E-state index contributed by atoms with van der Waals surface area (Å²) in [7, 11) is 4.02. The predicted octanol–water partition coefficient (Wildman–Crippen LogP) is 2.74. The second-order valence-corrected chi connectivity index (χ2v) is 8.22. The second-order valence-electron chi connectivity index (χ2n) is 7.21. The fraction of sp³-hybridized carbons (Fsp3) is 0.450. The zero-order chi connectivity index (χ0) is 21.1. The average Bonchev–Trinajstić information content (AvgIpc) is 3.32. The number of unbranched alkanes of at least 4 members (excludes halogenated alkanes) is 1. The molecular weight excluding hydrogens is 402 g/mol. The molecule has 0 radical (unpaired) electrons. The van der Waals surface area contributed by atoms with Gasteiger partial charge in [-0.25, -0.2) is 15.0 Å². The maximum absolute atomic E-state index is 6.09. The number of rotatable bonds is 9. The molecule has 1 aromatic carbocycles. The summed E-state index contributed by atoms with van der Waals surface area (Å²) in [5.74, 6) is 1.90. The van der Waals surface area contributed by atoms with E-state index in [-0.39, 0.29) is 6.79 Å². The molecule has 1 aliphatic heterocycles. The lowest BCUT2D eigenvalue weighted by Crippen LogP contribution is -2.14. The van der Waals surface area contributed by atoms with Crippen LogP contribution in [0.4, 0.5) is 11.5 Å². The Labute approximate surface area is 180 Å². The van der Waals surface area contributed by atoms with Gasteiger partial charge in [-0.1, -0.05) is 6.92 Å². The maximum atomic E-state index is 6.09. The van der Waals surface area contributed by atoms with E-state index in [1.54, 1.807) is 11.8 Å². The molecule has 0 saturated heterocycles. The van der Waals surface area contributed by atoms with Gasteiger partial charge in [-0.3, -0.25) is 0 Å². The number of nitrogens with one attached hydrogen (secondary N) is 1. The highest BCUT2D eigenvalue weighted by Crippen LogP contribution is 2.44. The molecule has 2 aromatic heterocycles. The SMILES string of the molecule is CCNCCCCn1c(Sc2cc3c(cc2N(C)C)OCO3)nc2c(N)ncnc21. The molecule has 1 aliphatic rings. The van der Waals surface area contributed by atoms with E-state index < -0.39 is 0 Å². The number of nitrogen functional groups attached to an aromatic ring is 1. The molecule has 160 valence electrons. The summed E-state index contributed by atoms with van der Waals surface area (Å²) in [5.41, 5.74) is 8.53. The van der Waals surface area contributed by atoms with E-state index >= 15 is 0 Å². The van der Waals surface area contributed by atoms with Crippen molar-refractivity contribution < 1.29 is 9.47 Å². The van der Waals surface area contributed by atoms with Gasteiger partial charge in [0, 0.05) is 37.7 Å². The van der Waals surface area contributed by atoms with Crippen LogP contribution in [0.1, 0.15) is 19.8 Å². The van der Waals surface area contributed by atoms with E-state index in [1.165, 1.54) is 6.33 Å². The number of imidazole rings is 1. The number of ether oxygens (including phenoxy) is 2. The van der Waals surface area contributed by atoms with E-state index in [4.69, 9.17) is 20.2 Å². The standard InChI is InChI=1S/C20H27N7O2S/c1-4-22-7-5-6-8-27-19-17(18(21)23-11-24-19)25-20(27)30-16-10-15-14(28-12-29-15)9-13(16)26(2)3/h9-11,22H,4-8,12H2,1-3H3,(H2,21,23,24). The summed E-state index contributed by atoms with van der Waals surface area (Å²) in [6, 6.07) is 4.01. The molecule has 4 rings (SSSR count). The van der Waals surface area contributed by atoms with Crippen LogP contribution in [-0.4, -0.2) is 53.5 Å². The van der Waals surface area contributed by atoms with E-state index in [2.05, 4.69) is 31.7 Å². The van der Waals surface area contributed by atoms with Crippen molar-refractivity contribution in [2.24, 2.45) is 0 Å². The molecule has 0 spiro atoms. The molecule has 0 aliphatic carbocycles. The van der Waals surface area contributed by atoms with E-state index in [9.17, 15) is 0 Å². The van der Waals surface area contributed by atoms with Crippen LogP contribution in [0.2, 0.25) is 0 Å². The average molecular weight is 430 g/mol. The fourth-order valence-electron chi connectivity index (χ4n) is 3.35. The van der Waals surface area contributed by atoms with Crippen molar-refractivity contribution >= 4 is 34.4 Å². The van der Waals surface area contributed by atoms with Gasteiger partial charge < -0.3 is 30.0 Å². The van der Waals surface area contributed by atoms with Gasteiger partial charge in [0.1, 0.15) is 6.33 Å². The second kappa shape index (κ2) is 8.97. The van der Waals surface area contributed by atoms with Gasteiger partial charge in [0.05, 0.1) is 5.69 Å². The minimum Gasteiger partial charge on any atom is -0.454 e. The number of hydrogen-bond acceptors (Lipinski definition) is 9. The van der Waals surface area contributed by atoms with Gasteiger partial charge in [-0.05, 0) is 37.7 Å². The fourth-order valence-corrected chi connectivity index (χ4v) is 4.49. The summed E-state index contributed by atoms with van der Waals surface area (Å²) < 4.78 is 13.3. The van der Waals surface area contributed by atoms with Crippen LogP contribution in [0.5, 0.6) is 11.5 Å². The van der Waals surface area contributed by atoms with Gasteiger partial charge in [0.25, 0.3) is 0 Å². The monoisotopic (exact) mass is 429 g/mol. The van der Waals surface area contributed by atoms with Crippen molar-refractivity contribution in [1.29, 1.82) is 0 Å². The Bertz CT molecular complexity index is 1040. The zero-order valence-electron chi connectivity index (χ0n) is 17.5. The first-order valence-electron chi connectivity index (χ1n) is 10.0. The van der Waals surface area contributed by atoms with Crippen LogP contribution in [0.15, 0.2) is 28.5 Å². The molecule has 3 N–H and O–H groups in total. The topological polar surface area (TPSA) is 103 Å². The molecule has 30 heavy (non-hydrogen) atoms. The van der Waals surface area contributed by atoms with Crippen molar-refractivity contribution in [1.82, 2.24) is 24.8 Å². The number of aryl methyl sites for hydroxylation is 1. The normalized spacial score (nSPS) is 12.6. The first-order valence-corrected chi connectivity index (χ1v) is 10.9. The van der Waals surface area contributed by atoms with Crippen LogP contribution < -0.4 is 25.4 Å². The third-order valence-corrected chi connectivity index (χ3v) is 5.94. The molecule has 9 nitrogen and oxygen atoms in total. The Kier molecular flexibility index (Phi) is 6.14. The van der Waals surface area contributed by atoms with Crippen LogP contribution in [0.25, 0.3) is 11.2 Å². The lowest BCUT2D eigenvalue weighted by atomic mass is 10.2. The van der Waals surface area contributed by atoms with Gasteiger partial charge >= 0.3 is 0 Å². The van der Waals surface area contributed by atoms with Crippen molar-refractivity contribution in [3.63, 3.8) is 0 Å².